The summed E-state index contributed by atoms with van der Waals surface area (Å²) in [7, 11) is 1.54. The van der Waals surface area contributed by atoms with E-state index in [0.717, 1.165) is 11.3 Å². The van der Waals surface area contributed by atoms with Crippen LogP contribution in [0.4, 0.5) is 10.5 Å². The van der Waals surface area contributed by atoms with Crippen LogP contribution in [0.5, 0.6) is 5.75 Å². The first-order chi connectivity index (χ1) is 12.7. The number of benzene rings is 2. The minimum Gasteiger partial charge on any atom is -0.495 e. The van der Waals surface area contributed by atoms with Crippen LogP contribution in [0, 0.1) is 0 Å². The lowest BCUT2D eigenvalue weighted by Gasteiger charge is -2.09. The number of anilines is 1. The number of amides is 2. The van der Waals surface area contributed by atoms with E-state index < -0.39 is 0 Å². The number of rotatable bonds is 6. The summed E-state index contributed by atoms with van der Waals surface area (Å²) < 4.78 is 6.90. The number of methoxy groups -OCH3 is 1. The molecule has 0 radical (unpaired) electrons. The Bertz CT molecular complexity index is 880. The third-order valence-electron chi connectivity index (χ3n) is 3.77. The standard InChI is InChI=1S/C19H19ClN4O2/c1-26-18-8-7-15(11-17(18)20)23-19(25)21-10-9-14-12-22-24(13-14)16-5-3-2-4-6-16/h2-8,11-13H,9-10H2,1H3,(H2,21,23,25). The van der Waals surface area contributed by atoms with Gasteiger partial charge in [-0.2, -0.15) is 5.10 Å². The highest BCUT2D eigenvalue weighted by Crippen LogP contribution is 2.27. The minimum absolute atomic E-state index is 0.290. The first kappa shape index (κ1) is 17.8. The fourth-order valence-electron chi connectivity index (χ4n) is 2.45. The highest BCUT2D eigenvalue weighted by Gasteiger charge is 2.06. The average Bonchev–Trinajstić information content (AvgIpc) is 3.11. The Hall–Kier alpha value is -2.99. The van der Waals surface area contributed by atoms with Crippen LogP contribution in [-0.2, 0) is 6.42 Å². The van der Waals surface area contributed by atoms with Crippen LogP contribution in [0.2, 0.25) is 5.02 Å². The van der Waals surface area contributed by atoms with Crippen molar-refractivity contribution in [3.63, 3.8) is 0 Å². The number of aromatic nitrogens is 2. The minimum atomic E-state index is -0.290. The number of hydrogen-bond donors (Lipinski definition) is 2. The summed E-state index contributed by atoms with van der Waals surface area (Å²) in [5.74, 6) is 0.563. The van der Waals surface area contributed by atoms with Gasteiger partial charge in [0.1, 0.15) is 5.75 Å². The molecular weight excluding hydrogens is 352 g/mol. The van der Waals surface area contributed by atoms with Crippen molar-refractivity contribution >= 4 is 23.3 Å². The molecule has 0 saturated carbocycles. The van der Waals surface area contributed by atoms with E-state index in [9.17, 15) is 4.79 Å². The number of nitrogens with one attached hydrogen (secondary N) is 2. The maximum atomic E-state index is 12.0. The first-order valence-corrected chi connectivity index (χ1v) is 8.51. The molecule has 6 nitrogen and oxygen atoms in total. The second-order valence-corrected chi connectivity index (χ2v) is 6.02. The van der Waals surface area contributed by atoms with Crippen LogP contribution in [0.3, 0.4) is 0 Å². The summed E-state index contributed by atoms with van der Waals surface area (Å²) in [4.78, 5) is 12.0. The zero-order valence-corrected chi connectivity index (χ0v) is 15.0. The lowest BCUT2D eigenvalue weighted by molar-refractivity contribution is 0.252. The van der Waals surface area contributed by atoms with Gasteiger partial charge in [-0.25, -0.2) is 9.48 Å². The van der Waals surface area contributed by atoms with Crippen LogP contribution < -0.4 is 15.4 Å². The van der Waals surface area contributed by atoms with E-state index in [1.807, 2.05) is 41.2 Å². The summed E-state index contributed by atoms with van der Waals surface area (Å²) in [6.45, 7) is 0.496. The summed E-state index contributed by atoms with van der Waals surface area (Å²) in [5, 5.41) is 10.3. The fraction of sp³-hybridized carbons (Fsp3) is 0.158. The van der Waals surface area contributed by atoms with E-state index in [1.54, 1.807) is 31.5 Å². The summed E-state index contributed by atoms with van der Waals surface area (Å²) in [6.07, 6.45) is 4.44. The van der Waals surface area contributed by atoms with Crippen molar-refractivity contribution in [3.05, 3.63) is 71.5 Å². The Labute approximate surface area is 156 Å². The molecular formula is C19H19ClN4O2. The van der Waals surface area contributed by atoms with Crippen LogP contribution in [0.1, 0.15) is 5.56 Å². The second-order valence-electron chi connectivity index (χ2n) is 5.61. The average molecular weight is 371 g/mol. The molecule has 2 amide bonds. The van der Waals surface area contributed by atoms with Crippen LogP contribution in [-0.4, -0.2) is 29.5 Å². The molecule has 2 aromatic carbocycles. The van der Waals surface area contributed by atoms with Crippen LogP contribution in [0.25, 0.3) is 5.69 Å². The Balaban J connectivity index is 1.48. The van der Waals surface area contributed by atoms with Gasteiger partial charge in [-0.05, 0) is 42.3 Å². The third-order valence-corrected chi connectivity index (χ3v) is 4.06. The van der Waals surface area contributed by atoms with Gasteiger partial charge < -0.3 is 15.4 Å². The molecule has 0 fully saturated rings. The molecule has 26 heavy (non-hydrogen) atoms. The largest absolute Gasteiger partial charge is 0.495 e. The van der Waals surface area contributed by atoms with Gasteiger partial charge in [-0.15, -0.1) is 0 Å². The van der Waals surface area contributed by atoms with Crippen molar-refractivity contribution in [2.24, 2.45) is 0 Å². The smallest absolute Gasteiger partial charge is 0.319 e. The molecule has 134 valence electrons. The Morgan fingerprint density at radius 1 is 1.23 bits per heavy atom. The second kappa shape index (κ2) is 8.40. The topological polar surface area (TPSA) is 68.2 Å². The van der Waals surface area contributed by atoms with E-state index in [0.29, 0.717) is 29.4 Å². The summed E-state index contributed by atoms with van der Waals surface area (Å²) in [5.41, 5.74) is 2.65. The molecule has 3 aromatic rings. The number of hydrogen-bond acceptors (Lipinski definition) is 3. The van der Waals surface area contributed by atoms with Gasteiger partial charge in [0.2, 0.25) is 0 Å². The van der Waals surface area contributed by atoms with Gasteiger partial charge in [-0.1, -0.05) is 29.8 Å². The summed E-state index contributed by atoms with van der Waals surface area (Å²) in [6, 6.07) is 14.7. The van der Waals surface area contributed by atoms with Crippen molar-refractivity contribution in [3.8, 4) is 11.4 Å². The third kappa shape index (κ3) is 4.55. The SMILES string of the molecule is COc1ccc(NC(=O)NCCc2cnn(-c3ccccc3)c2)cc1Cl. The number of halogens is 1. The molecule has 3 rings (SSSR count). The first-order valence-electron chi connectivity index (χ1n) is 8.13. The van der Waals surface area contributed by atoms with Gasteiger partial charge >= 0.3 is 6.03 Å². The molecule has 0 saturated heterocycles. The number of ether oxygens (including phenoxy) is 1. The van der Waals surface area contributed by atoms with Gasteiger partial charge in [0.05, 0.1) is 24.0 Å². The highest BCUT2D eigenvalue weighted by atomic mass is 35.5. The molecule has 1 heterocycles. The van der Waals surface area contributed by atoms with E-state index in [1.165, 1.54) is 0 Å². The van der Waals surface area contributed by atoms with E-state index in [4.69, 9.17) is 16.3 Å². The van der Waals surface area contributed by atoms with Gasteiger partial charge in [0.25, 0.3) is 0 Å². The zero-order valence-electron chi connectivity index (χ0n) is 14.3. The lowest BCUT2D eigenvalue weighted by Crippen LogP contribution is -2.30. The van der Waals surface area contributed by atoms with Gasteiger partial charge in [0.15, 0.2) is 0 Å². The van der Waals surface area contributed by atoms with Crippen molar-refractivity contribution in [2.75, 3.05) is 19.0 Å². The number of urea groups is 1. The molecule has 0 aliphatic rings. The van der Waals surface area contributed by atoms with Crippen molar-refractivity contribution in [1.82, 2.24) is 15.1 Å². The fourth-order valence-corrected chi connectivity index (χ4v) is 2.71. The quantitative estimate of drug-likeness (QED) is 0.691. The zero-order chi connectivity index (χ0) is 18.4. The highest BCUT2D eigenvalue weighted by molar-refractivity contribution is 6.32. The Morgan fingerprint density at radius 3 is 2.77 bits per heavy atom. The molecule has 0 bridgehead atoms. The van der Waals surface area contributed by atoms with Gasteiger partial charge in [-0.3, -0.25) is 0 Å². The normalized spacial score (nSPS) is 10.4. The van der Waals surface area contributed by atoms with Crippen molar-refractivity contribution < 1.29 is 9.53 Å². The van der Waals surface area contributed by atoms with Crippen LogP contribution >= 0.6 is 11.6 Å². The van der Waals surface area contributed by atoms with Crippen molar-refractivity contribution in [2.45, 2.75) is 6.42 Å². The maximum absolute atomic E-state index is 12.0. The van der Waals surface area contributed by atoms with E-state index >= 15 is 0 Å². The monoisotopic (exact) mass is 370 g/mol. The molecule has 0 aliphatic carbocycles. The number of carbonyl (C=O) groups excluding carboxylic acids is 1. The lowest BCUT2D eigenvalue weighted by atomic mass is 10.2. The maximum Gasteiger partial charge on any atom is 0.319 e. The molecule has 1 aromatic heterocycles. The molecule has 0 aliphatic heterocycles. The Morgan fingerprint density at radius 2 is 2.04 bits per heavy atom. The summed E-state index contributed by atoms with van der Waals surface area (Å²) >= 11 is 6.04. The molecule has 2 N–H and O–H groups in total. The molecule has 0 atom stereocenters. The molecule has 0 unspecified atom stereocenters. The van der Waals surface area contributed by atoms with Crippen LogP contribution in [0.15, 0.2) is 60.9 Å². The predicted molar refractivity (Wildman–Crippen MR) is 102 cm³/mol. The number of para-hydroxylation sites is 1. The predicted octanol–water partition coefficient (Wildman–Crippen LogP) is 3.90. The number of carbonyl (C=O) groups is 1. The molecule has 7 heteroatoms. The van der Waals surface area contributed by atoms with E-state index in [-0.39, 0.29) is 6.03 Å². The van der Waals surface area contributed by atoms with E-state index in [2.05, 4.69) is 15.7 Å². The number of nitrogens with zero attached hydrogens (tertiary/aromatic N) is 2. The van der Waals surface area contributed by atoms with Gasteiger partial charge in [0, 0.05) is 18.4 Å². The van der Waals surface area contributed by atoms with Crippen molar-refractivity contribution in [1.29, 1.82) is 0 Å². The molecule has 0 spiro atoms. The Kier molecular flexibility index (Phi) is 5.76.